The minimum absolute atomic E-state index is 0.292. The van der Waals surface area contributed by atoms with Crippen LogP contribution in [0.2, 0.25) is 0 Å². The number of halogens is 1. The van der Waals surface area contributed by atoms with E-state index in [0.29, 0.717) is 35.3 Å². The van der Waals surface area contributed by atoms with Crippen molar-refractivity contribution in [3.05, 3.63) is 30.0 Å². The van der Waals surface area contributed by atoms with E-state index in [1.165, 1.54) is 6.33 Å². The molecule has 7 nitrogen and oxygen atoms in total. The molecule has 0 amide bonds. The van der Waals surface area contributed by atoms with Crippen LogP contribution in [0.25, 0.3) is 11.2 Å². The van der Waals surface area contributed by atoms with Gasteiger partial charge < -0.3 is 13.7 Å². The summed E-state index contributed by atoms with van der Waals surface area (Å²) in [6.45, 7) is 4.09. The first kappa shape index (κ1) is 13.8. The number of oxazole rings is 1. The smallest absolute Gasteiger partial charge is 0.245 e. The Bertz CT molecular complexity index is 780. The maximum atomic E-state index is 6.22. The van der Waals surface area contributed by atoms with Crippen LogP contribution < -0.4 is 4.74 Å². The summed E-state index contributed by atoms with van der Waals surface area (Å²) in [5.41, 5.74) is 1.21. The molecule has 3 rings (SSSR count). The summed E-state index contributed by atoms with van der Waals surface area (Å²) in [5.74, 6) is 2.41. The largest absolute Gasteiger partial charge is 0.479 e. The molecule has 1 unspecified atom stereocenters. The second-order valence-electron chi connectivity index (χ2n) is 4.59. The Labute approximate surface area is 126 Å². The summed E-state index contributed by atoms with van der Waals surface area (Å²) in [7, 11) is 1.54. The summed E-state index contributed by atoms with van der Waals surface area (Å²) >= 11 is 6.22. The van der Waals surface area contributed by atoms with Crippen LogP contribution in [0.4, 0.5) is 0 Å². The van der Waals surface area contributed by atoms with Gasteiger partial charge in [-0.1, -0.05) is 0 Å². The van der Waals surface area contributed by atoms with Crippen molar-refractivity contribution >= 4 is 22.8 Å². The van der Waals surface area contributed by atoms with E-state index in [0.717, 1.165) is 5.76 Å². The number of hydrogen-bond acceptors (Lipinski definition) is 6. The minimum Gasteiger partial charge on any atom is -0.479 e. The second-order valence-corrected chi connectivity index (χ2v) is 5.25. The average molecular weight is 308 g/mol. The zero-order valence-electron chi connectivity index (χ0n) is 11.9. The molecule has 0 aliphatic rings. The van der Waals surface area contributed by atoms with Gasteiger partial charge in [-0.2, -0.15) is 4.98 Å². The number of imidazole rings is 1. The monoisotopic (exact) mass is 307 g/mol. The molecule has 0 spiro atoms. The van der Waals surface area contributed by atoms with Gasteiger partial charge in [0.05, 0.1) is 18.7 Å². The van der Waals surface area contributed by atoms with Crippen molar-refractivity contribution in [2.75, 3.05) is 7.11 Å². The molecule has 0 aliphatic carbocycles. The molecule has 0 aliphatic heterocycles. The number of nitrogens with zero attached hydrogens (tertiary/aromatic N) is 5. The third-order valence-corrected chi connectivity index (χ3v) is 3.23. The molecule has 21 heavy (non-hydrogen) atoms. The topological polar surface area (TPSA) is 78.9 Å². The Morgan fingerprint density at radius 3 is 2.81 bits per heavy atom. The summed E-state index contributed by atoms with van der Waals surface area (Å²) in [6.07, 6.45) is 3.11. The maximum Gasteiger partial charge on any atom is 0.245 e. The third kappa shape index (κ3) is 2.44. The summed E-state index contributed by atoms with van der Waals surface area (Å²) < 4.78 is 12.6. The lowest BCUT2D eigenvalue weighted by Crippen LogP contribution is -2.06. The number of fused-ring (bicyclic) bond motifs is 1. The number of hydrogen-bond donors (Lipinski definition) is 0. The summed E-state index contributed by atoms with van der Waals surface area (Å²) in [4.78, 5) is 17.0. The van der Waals surface area contributed by atoms with E-state index >= 15 is 0 Å². The Balaban J connectivity index is 2.16. The van der Waals surface area contributed by atoms with Crippen LogP contribution in [-0.2, 0) is 6.54 Å². The normalized spacial score (nSPS) is 12.8. The molecule has 0 N–H and O–H groups in total. The van der Waals surface area contributed by atoms with Crippen molar-refractivity contribution in [2.45, 2.75) is 25.8 Å². The van der Waals surface area contributed by atoms with Crippen LogP contribution >= 0.6 is 11.6 Å². The SMILES string of the molecule is COc1ncnc2c1nc(C(C)Cl)n2Cc1ncc(C)o1. The summed E-state index contributed by atoms with van der Waals surface area (Å²) in [6, 6.07) is 0. The van der Waals surface area contributed by atoms with Gasteiger partial charge in [-0.3, -0.25) is 0 Å². The standard InChI is InChI=1S/C13H14ClN5O2/c1-7-4-15-9(21-7)5-19-11(8(2)14)18-10-12(19)16-6-17-13(10)20-3/h4,6,8H,5H2,1-3H3. The van der Waals surface area contributed by atoms with Crippen molar-refractivity contribution in [2.24, 2.45) is 0 Å². The fourth-order valence-electron chi connectivity index (χ4n) is 2.15. The molecule has 110 valence electrons. The van der Waals surface area contributed by atoms with Gasteiger partial charge in [0, 0.05) is 0 Å². The fourth-order valence-corrected chi connectivity index (χ4v) is 2.32. The van der Waals surface area contributed by atoms with Gasteiger partial charge in [-0.05, 0) is 13.8 Å². The van der Waals surface area contributed by atoms with E-state index in [1.54, 1.807) is 13.3 Å². The van der Waals surface area contributed by atoms with Crippen molar-refractivity contribution in [3.63, 3.8) is 0 Å². The molecule has 1 atom stereocenters. The van der Waals surface area contributed by atoms with Crippen molar-refractivity contribution < 1.29 is 9.15 Å². The maximum absolute atomic E-state index is 6.22. The van der Waals surface area contributed by atoms with Gasteiger partial charge in [-0.15, -0.1) is 11.6 Å². The summed E-state index contributed by atoms with van der Waals surface area (Å²) in [5, 5.41) is -0.292. The van der Waals surface area contributed by atoms with Crippen LogP contribution in [0, 0.1) is 6.92 Å². The Morgan fingerprint density at radius 1 is 1.38 bits per heavy atom. The van der Waals surface area contributed by atoms with Crippen molar-refractivity contribution in [1.82, 2.24) is 24.5 Å². The van der Waals surface area contributed by atoms with E-state index in [1.807, 2.05) is 18.4 Å². The van der Waals surface area contributed by atoms with Gasteiger partial charge in [0.25, 0.3) is 0 Å². The quantitative estimate of drug-likeness (QED) is 0.689. The molecule has 0 aromatic carbocycles. The molecular formula is C13H14ClN5O2. The number of aromatic nitrogens is 5. The molecule has 3 aromatic heterocycles. The highest BCUT2D eigenvalue weighted by atomic mass is 35.5. The van der Waals surface area contributed by atoms with E-state index in [4.69, 9.17) is 20.8 Å². The second kappa shape index (κ2) is 5.33. The highest BCUT2D eigenvalue weighted by Crippen LogP contribution is 2.27. The molecule has 3 aromatic rings. The van der Waals surface area contributed by atoms with Gasteiger partial charge in [0.15, 0.2) is 11.2 Å². The molecule has 0 fully saturated rings. The Morgan fingerprint density at radius 2 is 2.19 bits per heavy atom. The highest BCUT2D eigenvalue weighted by molar-refractivity contribution is 6.20. The lowest BCUT2D eigenvalue weighted by Gasteiger charge is -2.07. The van der Waals surface area contributed by atoms with E-state index in [2.05, 4.69) is 19.9 Å². The van der Waals surface area contributed by atoms with Gasteiger partial charge >= 0.3 is 0 Å². The number of methoxy groups -OCH3 is 1. The molecule has 8 heteroatoms. The van der Waals surface area contributed by atoms with Crippen LogP contribution in [-0.4, -0.2) is 31.6 Å². The lowest BCUT2D eigenvalue weighted by molar-refractivity contribution is 0.401. The van der Waals surface area contributed by atoms with Crippen molar-refractivity contribution in [1.29, 1.82) is 0 Å². The first-order valence-corrected chi connectivity index (χ1v) is 6.84. The molecular weight excluding hydrogens is 294 g/mol. The number of rotatable bonds is 4. The van der Waals surface area contributed by atoms with Crippen LogP contribution in [0.1, 0.15) is 29.8 Å². The van der Waals surface area contributed by atoms with Crippen LogP contribution in [0.3, 0.4) is 0 Å². The van der Waals surface area contributed by atoms with Crippen LogP contribution in [0.5, 0.6) is 5.88 Å². The third-order valence-electron chi connectivity index (χ3n) is 3.04. The molecule has 0 saturated heterocycles. The first-order chi connectivity index (χ1) is 10.1. The molecule has 3 heterocycles. The fraction of sp³-hybridized carbons (Fsp3) is 0.385. The Hall–Kier alpha value is -2.15. The average Bonchev–Trinajstić information content (AvgIpc) is 3.03. The van der Waals surface area contributed by atoms with E-state index in [-0.39, 0.29) is 5.38 Å². The highest BCUT2D eigenvalue weighted by Gasteiger charge is 2.20. The van der Waals surface area contributed by atoms with E-state index in [9.17, 15) is 0 Å². The lowest BCUT2D eigenvalue weighted by atomic mass is 10.4. The van der Waals surface area contributed by atoms with E-state index < -0.39 is 0 Å². The number of ether oxygens (including phenoxy) is 1. The number of alkyl halides is 1. The minimum atomic E-state index is -0.292. The Kier molecular flexibility index (Phi) is 3.50. The first-order valence-electron chi connectivity index (χ1n) is 6.40. The zero-order chi connectivity index (χ0) is 15.0. The predicted octanol–water partition coefficient (Wildman–Crippen LogP) is 2.48. The molecule has 0 saturated carbocycles. The van der Waals surface area contributed by atoms with Gasteiger partial charge in [-0.25, -0.2) is 15.0 Å². The number of aryl methyl sites for hydroxylation is 1. The predicted molar refractivity (Wildman–Crippen MR) is 76.5 cm³/mol. The van der Waals surface area contributed by atoms with Gasteiger partial charge in [0.2, 0.25) is 11.8 Å². The van der Waals surface area contributed by atoms with Crippen molar-refractivity contribution in [3.8, 4) is 5.88 Å². The van der Waals surface area contributed by atoms with Gasteiger partial charge in [0.1, 0.15) is 24.5 Å². The molecule has 0 radical (unpaired) electrons. The molecule has 0 bridgehead atoms. The van der Waals surface area contributed by atoms with Crippen LogP contribution in [0.15, 0.2) is 16.9 Å². The zero-order valence-corrected chi connectivity index (χ0v) is 12.6.